The molecule has 0 fully saturated rings. The highest BCUT2D eigenvalue weighted by atomic mass is 16.5. The fourth-order valence-corrected chi connectivity index (χ4v) is 2.57. The summed E-state index contributed by atoms with van der Waals surface area (Å²) in [7, 11) is 1.55. The fraction of sp³-hybridized carbons (Fsp3) is 0.211. The molecule has 1 heterocycles. The van der Waals surface area contributed by atoms with E-state index in [1.807, 2.05) is 50.2 Å². The number of ether oxygens (including phenoxy) is 1. The second-order valence-corrected chi connectivity index (χ2v) is 6.12. The van der Waals surface area contributed by atoms with Crippen LogP contribution in [-0.4, -0.2) is 28.0 Å². The zero-order valence-corrected chi connectivity index (χ0v) is 15.0. The van der Waals surface area contributed by atoms with E-state index >= 15 is 0 Å². The van der Waals surface area contributed by atoms with Crippen molar-refractivity contribution in [2.45, 2.75) is 20.4 Å². The summed E-state index contributed by atoms with van der Waals surface area (Å²) in [4.78, 5) is 12.6. The van der Waals surface area contributed by atoms with Crippen molar-refractivity contribution in [2.75, 3.05) is 18.2 Å². The van der Waals surface area contributed by atoms with Crippen LogP contribution in [0.3, 0.4) is 0 Å². The van der Waals surface area contributed by atoms with E-state index in [4.69, 9.17) is 10.5 Å². The molecule has 0 aliphatic carbocycles. The van der Waals surface area contributed by atoms with Gasteiger partial charge in [-0.3, -0.25) is 4.79 Å². The highest BCUT2D eigenvalue weighted by Crippen LogP contribution is 2.26. The SMILES string of the molecule is COc1ccc(C)cc1NC(=O)c1nnn(Cc2ccc(C)cc2)c1N. The Balaban J connectivity index is 1.80. The number of amides is 1. The van der Waals surface area contributed by atoms with Gasteiger partial charge in [-0.1, -0.05) is 41.1 Å². The van der Waals surface area contributed by atoms with Crippen molar-refractivity contribution in [3.05, 3.63) is 64.8 Å². The van der Waals surface area contributed by atoms with Gasteiger partial charge < -0.3 is 15.8 Å². The van der Waals surface area contributed by atoms with Crippen LogP contribution in [0.2, 0.25) is 0 Å². The number of rotatable bonds is 5. The molecule has 26 heavy (non-hydrogen) atoms. The average molecular weight is 351 g/mol. The van der Waals surface area contributed by atoms with Crippen LogP contribution in [0.5, 0.6) is 5.75 Å². The maximum absolute atomic E-state index is 12.6. The Kier molecular flexibility index (Phi) is 4.88. The average Bonchev–Trinajstić information content (AvgIpc) is 2.98. The second kappa shape index (κ2) is 7.26. The first-order valence-corrected chi connectivity index (χ1v) is 8.18. The number of methoxy groups -OCH3 is 1. The molecular weight excluding hydrogens is 330 g/mol. The Morgan fingerprint density at radius 2 is 1.85 bits per heavy atom. The molecule has 0 saturated carbocycles. The minimum atomic E-state index is -0.429. The van der Waals surface area contributed by atoms with E-state index < -0.39 is 5.91 Å². The predicted octanol–water partition coefficient (Wildman–Crippen LogP) is 2.79. The first-order valence-electron chi connectivity index (χ1n) is 8.18. The number of nitrogens with one attached hydrogen (secondary N) is 1. The van der Waals surface area contributed by atoms with Gasteiger partial charge in [-0.25, -0.2) is 4.68 Å². The third-order valence-electron chi connectivity index (χ3n) is 4.04. The number of hydrogen-bond acceptors (Lipinski definition) is 5. The Morgan fingerprint density at radius 3 is 2.54 bits per heavy atom. The van der Waals surface area contributed by atoms with Crippen LogP contribution in [0, 0.1) is 13.8 Å². The fourth-order valence-electron chi connectivity index (χ4n) is 2.57. The number of nitrogen functional groups attached to an aromatic ring is 1. The summed E-state index contributed by atoms with van der Waals surface area (Å²) in [6.07, 6.45) is 0. The van der Waals surface area contributed by atoms with Gasteiger partial charge in [0.05, 0.1) is 19.3 Å². The molecule has 0 spiro atoms. The monoisotopic (exact) mass is 351 g/mol. The van der Waals surface area contributed by atoms with Crippen LogP contribution < -0.4 is 15.8 Å². The minimum Gasteiger partial charge on any atom is -0.495 e. The Hall–Kier alpha value is -3.35. The van der Waals surface area contributed by atoms with E-state index in [0.29, 0.717) is 18.0 Å². The smallest absolute Gasteiger partial charge is 0.280 e. The number of aromatic nitrogens is 3. The molecule has 7 nitrogen and oxygen atoms in total. The first-order chi connectivity index (χ1) is 12.5. The quantitative estimate of drug-likeness (QED) is 0.737. The summed E-state index contributed by atoms with van der Waals surface area (Å²) in [5.74, 6) is 0.353. The van der Waals surface area contributed by atoms with E-state index in [-0.39, 0.29) is 11.5 Å². The predicted molar refractivity (Wildman–Crippen MR) is 100 cm³/mol. The summed E-state index contributed by atoms with van der Waals surface area (Å²) < 4.78 is 6.78. The Labute approximate surface area is 151 Å². The van der Waals surface area contributed by atoms with Crippen LogP contribution in [0.1, 0.15) is 27.2 Å². The lowest BCUT2D eigenvalue weighted by atomic mass is 10.1. The van der Waals surface area contributed by atoms with E-state index in [9.17, 15) is 4.79 Å². The van der Waals surface area contributed by atoms with Crippen LogP contribution in [0.4, 0.5) is 11.5 Å². The maximum Gasteiger partial charge on any atom is 0.280 e. The molecule has 3 rings (SSSR count). The van der Waals surface area contributed by atoms with E-state index in [1.54, 1.807) is 13.2 Å². The summed E-state index contributed by atoms with van der Waals surface area (Å²) in [5, 5.41) is 10.7. The lowest BCUT2D eigenvalue weighted by Gasteiger charge is -2.10. The third kappa shape index (κ3) is 3.66. The van der Waals surface area contributed by atoms with Gasteiger partial charge in [-0.15, -0.1) is 5.10 Å². The first kappa shape index (κ1) is 17.5. The van der Waals surface area contributed by atoms with Gasteiger partial charge in [-0.05, 0) is 37.1 Å². The van der Waals surface area contributed by atoms with Crippen molar-refractivity contribution in [2.24, 2.45) is 0 Å². The number of aryl methyl sites for hydroxylation is 2. The molecule has 0 aliphatic rings. The number of benzene rings is 2. The second-order valence-electron chi connectivity index (χ2n) is 6.12. The number of carbonyl (C=O) groups is 1. The molecule has 0 aliphatic heterocycles. The van der Waals surface area contributed by atoms with Crippen LogP contribution in [0.25, 0.3) is 0 Å². The van der Waals surface area contributed by atoms with Gasteiger partial charge in [0, 0.05) is 0 Å². The summed E-state index contributed by atoms with van der Waals surface area (Å²) in [5.41, 5.74) is 9.92. The molecule has 2 aromatic carbocycles. The molecule has 1 amide bonds. The molecule has 3 N–H and O–H groups in total. The molecule has 0 radical (unpaired) electrons. The van der Waals surface area contributed by atoms with Crippen molar-refractivity contribution >= 4 is 17.4 Å². The highest BCUT2D eigenvalue weighted by Gasteiger charge is 2.19. The van der Waals surface area contributed by atoms with Crippen molar-refractivity contribution in [3.8, 4) is 5.75 Å². The molecule has 0 unspecified atom stereocenters. The largest absolute Gasteiger partial charge is 0.495 e. The van der Waals surface area contributed by atoms with Gasteiger partial charge in [0.15, 0.2) is 11.5 Å². The van der Waals surface area contributed by atoms with Gasteiger partial charge in [0.25, 0.3) is 5.91 Å². The van der Waals surface area contributed by atoms with Crippen molar-refractivity contribution < 1.29 is 9.53 Å². The third-order valence-corrected chi connectivity index (χ3v) is 4.04. The summed E-state index contributed by atoms with van der Waals surface area (Å²) in [6.45, 7) is 4.40. The topological polar surface area (TPSA) is 95.1 Å². The van der Waals surface area contributed by atoms with Gasteiger partial charge in [-0.2, -0.15) is 0 Å². The molecule has 7 heteroatoms. The van der Waals surface area contributed by atoms with Gasteiger partial charge in [0.2, 0.25) is 0 Å². The Bertz CT molecular complexity index is 932. The van der Waals surface area contributed by atoms with Crippen molar-refractivity contribution in [1.29, 1.82) is 0 Å². The summed E-state index contributed by atoms with van der Waals surface area (Å²) in [6, 6.07) is 13.5. The lowest BCUT2D eigenvalue weighted by Crippen LogP contribution is -2.16. The van der Waals surface area contributed by atoms with E-state index in [2.05, 4.69) is 15.6 Å². The molecule has 134 valence electrons. The normalized spacial score (nSPS) is 10.6. The van der Waals surface area contributed by atoms with E-state index in [0.717, 1.165) is 11.1 Å². The lowest BCUT2D eigenvalue weighted by molar-refractivity contribution is 0.102. The summed E-state index contributed by atoms with van der Waals surface area (Å²) >= 11 is 0. The standard InChI is InChI=1S/C19H21N5O2/c1-12-4-7-14(8-5-12)11-24-18(20)17(22-23-24)19(25)21-15-10-13(2)6-9-16(15)26-3/h4-10H,11,20H2,1-3H3,(H,21,25). The van der Waals surface area contributed by atoms with E-state index in [1.165, 1.54) is 10.2 Å². The van der Waals surface area contributed by atoms with Crippen LogP contribution in [0.15, 0.2) is 42.5 Å². The molecular formula is C19H21N5O2. The van der Waals surface area contributed by atoms with Crippen molar-refractivity contribution in [3.63, 3.8) is 0 Å². The van der Waals surface area contributed by atoms with Crippen LogP contribution in [-0.2, 0) is 6.54 Å². The number of hydrogen-bond donors (Lipinski definition) is 2. The minimum absolute atomic E-state index is 0.0840. The molecule has 1 aromatic heterocycles. The molecule has 0 atom stereocenters. The number of nitrogens with two attached hydrogens (primary N) is 1. The van der Waals surface area contributed by atoms with Gasteiger partial charge >= 0.3 is 0 Å². The zero-order chi connectivity index (χ0) is 18.7. The zero-order valence-electron chi connectivity index (χ0n) is 15.0. The molecule has 0 bridgehead atoms. The highest BCUT2D eigenvalue weighted by molar-refractivity contribution is 6.06. The molecule has 3 aromatic rings. The Morgan fingerprint density at radius 1 is 1.15 bits per heavy atom. The number of carbonyl (C=O) groups excluding carboxylic acids is 1. The number of anilines is 2. The van der Waals surface area contributed by atoms with Crippen LogP contribution >= 0.6 is 0 Å². The van der Waals surface area contributed by atoms with Gasteiger partial charge in [0.1, 0.15) is 5.75 Å². The maximum atomic E-state index is 12.6. The molecule has 0 saturated heterocycles. The van der Waals surface area contributed by atoms with Crippen molar-refractivity contribution in [1.82, 2.24) is 15.0 Å². The number of nitrogens with zero attached hydrogens (tertiary/aromatic N) is 3.